The molecule has 1 fully saturated rings. The lowest BCUT2D eigenvalue weighted by atomic mass is 9.92. The molecule has 1 saturated heterocycles. The quantitative estimate of drug-likeness (QED) is 0.732. The Morgan fingerprint density at radius 1 is 1.26 bits per heavy atom. The van der Waals surface area contributed by atoms with Gasteiger partial charge in [0.05, 0.1) is 12.4 Å². The number of nitrogens with zero attached hydrogens (tertiary/aromatic N) is 4. The third kappa shape index (κ3) is 5.37. The van der Waals surface area contributed by atoms with E-state index in [1.54, 1.807) is 6.20 Å². The van der Waals surface area contributed by atoms with Crippen LogP contribution in [-0.4, -0.2) is 54.3 Å². The Morgan fingerprint density at radius 3 is 2.70 bits per heavy atom. The topological polar surface area (TPSA) is 80.1 Å². The van der Waals surface area contributed by atoms with Crippen LogP contribution < -0.4 is 4.72 Å². The summed E-state index contributed by atoms with van der Waals surface area (Å²) in [6, 6.07) is 3.74. The van der Waals surface area contributed by atoms with Crippen molar-refractivity contribution < 1.29 is 8.42 Å². The van der Waals surface area contributed by atoms with E-state index in [1.807, 2.05) is 19.1 Å². The Morgan fingerprint density at radius 2 is 2.00 bits per heavy atom. The molecule has 2 aromatic rings. The molecule has 27 heavy (non-hydrogen) atoms. The van der Waals surface area contributed by atoms with Gasteiger partial charge >= 0.3 is 0 Å². The molecule has 8 heteroatoms. The fourth-order valence-corrected chi connectivity index (χ4v) is 4.79. The molecule has 2 aromatic heterocycles. The summed E-state index contributed by atoms with van der Waals surface area (Å²) in [5.74, 6) is 2.03. The molecule has 0 unspecified atom stereocenters. The molecule has 3 heterocycles. The number of aryl methyl sites for hydroxylation is 1. The molecule has 0 bridgehead atoms. The summed E-state index contributed by atoms with van der Waals surface area (Å²) in [6.07, 6.45) is 6.62. The van der Waals surface area contributed by atoms with Gasteiger partial charge in [0.2, 0.25) is 10.0 Å². The second-order valence-electron chi connectivity index (χ2n) is 7.77. The third-order valence-electron chi connectivity index (χ3n) is 4.89. The summed E-state index contributed by atoms with van der Waals surface area (Å²) in [4.78, 5) is 6.82. The van der Waals surface area contributed by atoms with Gasteiger partial charge in [-0.15, -0.1) is 0 Å². The fraction of sp³-hybridized carbons (Fsp3) is 0.579. The molecule has 0 aliphatic carbocycles. The van der Waals surface area contributed by atoms with Crippen LogP contribution in [0.15, 0.2) is 35.6 Å². The van der Waals surface area contributed by atoms with Gasteiger partial charge in [-0.1, -0.05) is 13.8 Å². The first-order valence-corrected chi connectivity index (χ1v) is 11.0. The number of nitrogens with one attached hydrogen (secondary N) is 1. The molecule has 7 nitrogen and oxygen atoms in total. The van der Waals surface area contributed by atoms with E-state index < -0.39 is 10.0 Å². The summed E-state index contributed by atoms with van der Waals surface area (Å²) < 4.78 is 29.2. The van der Waals surface area contributed by atoms with Crippen LogP contribution in [0.2, 0.25) is 0 Å². The first kappa shape index (κ1) is 20.0. The van der Waals surface area contributed by atoms with Crippen molar-refractivity contribution in [1.82, 2.24) is 24.4 Å². The number of hydrogen-bond acceptors (Lipinski definition) is 5. The van der Waals surface area contributed by atoms with E-state index >= 15 is 0 Å². The molecule has 1 N–H and O–H groups in total. The highest BCUT2D eigenvalue weighted by Crippen LogP contribution is 2.20. The lowest BCUT2D eigenvalue weighted by Crippen LogP contribution is -2.40. The lowest BCUT2D eigenvalue weighted by molar-refractivity contribution is 0.140. The van der Waals surface area contributed by atoms with Crippen molar-refractivity contribution in [2.24, 2.45) is 11.8 Å². The minimum Gasteiger partial charge on any atom is -0.303 e. The molecular formula is C19H29N5O2S. The summed E-state index contributed by atoms with van der Waals surface area (Å²) in [5, 5.41) is 4.14. The number of pyridine rings is 1. The van der Waals surface area contributed by atoms with E-state index in [4.69, 9.17) is 0 Å². The smallest absolute Gasteiger partial charge is 0.243 e. The van der Waals surface area contributed by atoms with Gasteiger partial charge in [0, 0.05) is 25.8 Å². The van der Waals surface area contributed by atoms with Crippen molar-refractivity contribution in [1.29, 1.82) is 0 Å². The van der Waals surface area contributed by atoms with E-state index in [-0.39, 0.29) is 4.90 Å². The van der Waals surface area contributed by atoms with Gasteiger partial charge < -0.3 is 4.90 Å². The Kier molecular flexibility index (Phi) is 6.29. The predicted octanol–water partition coefficient (Wildman–Crippen LogP) is 2.22. The summed E-state index contributed by atoms with van der Waals surface area (Å²) in [5.41, 5.74) is 1.04. The van der Waals surface area contributed by atoms with Gasteiger partial charge in [-0.2, -0.15) is 5.10 Å². The minimum atomic E-state index is -3.56. The zero-order valence-corrected chi connectivity index (χ0v) is 17.1. The second-order valence-corrected chi connectivity index (χ2v) is 9.54. The van der Waals surface area contributed by atoms with Crippen LogP contribution in [0.25, 0.3) is 5.82 Å². The lowest BCUT2D eigenvalue weighted by Gasteiger charge is -2.34. The number of likely N-dealkylation sites (tertiary alicyclic amines) is 1. The van der Waals surface area contributed by atoms with Gasteiger partial charge in [0.25, 0.3) is 0 Å². The highest BCUT2D eigenvalue weighted by molar-refractivity contribution is 7.89. The van der Waals surface area contributed by atoms with E-state index in [1.165, 1.54) is 23.5 Å². The zero-order valence-electron chi connectivity index (χ0n) is 16.3. The maximum absolute atomic E-state index is 12.5. The number of hydrogen-bond donors (Lipinski definition) is 1. The van der Waals surface area contributed by atoms with Gasteiger partial charge in [-0.05, 0) is 55.8 Å². The monoisotopic (exact) mass is 391 g/mol. The Labute approximate surface area is 161 Å². The molecule has 1 aliphatic rings. The zero-order chi connectivity index (χ0) is 19.4. The van der Waals surface area contributed by atoms with Crippen LogP contribution in [0.3, 0.4) is 0 Å². The largest absolute Gasteiger partial charge is 0.303 e. The van der Waals surface area contributed by atoms with Gasteiger partial charge in [-0.25, -0.2) is 22.8 Å². The predicted molar refractivity (Wildman–Crippen MR) is 105 cm³/mol. The Hall–Kier alpha value is -1.77. The molecule has 0 radical (unpaired) electrons. The fourth-order valence-electron chi connectivity index (χ4n) is 3.78. The standard InChI is InChI=1S/C19H29N5O2S/c1-15-5-7-20-19(10-15)24-14-18(11-21-24)27(25,26)22-6-4-8-23-12-16(2)9-17(3)13-23/h5,7,10-11,14,16-17,22H,4,6,8-9,12-13H2,1-3H3/t16-,17+. The van der Waals surface area contributed by atoms with Crippen LogP contribution >= 0.6 is 0 Å². The van der Waals surface area contributed by atoms with Crippen LogP contribution in [0.5, 0.6) is 0 Å². The van der Waals surface area contributed by atoms with Gasteiger partial charge in [0.1, 0.15) is 4.90 Å². The third-order valence-corrected chi connectivity index (χ3v) is 6.31. The normalized spacial score (nSPS) is 21.4. The Balaban J connectivity index is 1.53. The molecular weight excluding hydrogens is 362 g/mol. The van der Waals surface area contributed by atoms with Crippen molar-refractivity contribution >= 4 is 10.0 Å². The Bertz CT molecular complexity index is 854. The molecule has 1 aliphatic heterocycles. The first-order valence-electron chi connectivity index (χ1n) is 9.53. The van der Waals surface area contributed by atoms with Crippen molar-refractivity contribution in [3.8, 4) is 5.82 Å². The summed E-state index contributed by atoms with van der Waals surface area (Å²) >= 11 is 0. The molecule has 0 spiro atoms. The summed E-state index contributed by atoms with van der Waals surface area (Å²) in [7, 11) is -3.56. The van der Waals surface area contributed by atoms with Gasteiger partial charge in [-0.3, -0.25) is 0 Å². The molecule has 148 valence electrons. The van der Waals surface area contributed by atoms with Crippen LogP contribution in [0.1, 0.15) is 32.3 Å². The minimum absolute atomic E-state index is 0.158. The molecule has 0 amide bonds. The molecule has 0 saturated carbocycles. The van der Waals surface area contributed by atoms with Crippen molar-refractivity contribution in [2.75, 3.05) is 26.2 Å². The summed E-state index contributed by atoms with van der Waals surface area (Å²) in [6.45, 7) is 10.1. The highest BCUT2D eigenvalue weighted by atomic mass is 32.2. The molecule has 2 atom stereocenters. The number of rotatable bonds is 7. The average Bonchev–Trinajstić information content (AvgIpc) is 3.09. The van der Waals surface area contributed by atoms with Gasteiger partial charge in [0.15, 0.2) is 5.82 Å². The maximum atomic E-state index is 12.5. The number of piperidine rings is 1. The van der Waals surface area contributed by atoms with Crippen LogP contribution in [-0.2, 0) is 10.0 Å². The average molecular weight is 392 g/mol. The highest BCUT2D eigenvalue weighted by Gasteiger charge is 2.21. The van der Waals surface area contributed by atoms with Crippen LogP contribution in [0, 0.1) is 18.8 Å². The van der Waals surface area contributed by atoms with Crippen molar-refractivity contribution in [3.05, 3.63) is 36.3 Å². The molecule has 3 rings (SSSR count). The first-order chi connectivity index (χ1) is 12.8. The number of sulfonamides is 1. The van der Waals surface area contributed by atoms with E-state index in [0.717, 1.165) is 31.6 Å². The second kappa shape index (κ2) is 8.50. The maximum Gasteiger partial charge on any atom is 0.243 e. The van der Waals surface area contributed by atoms with Crippen molar-refractivity contribution in [2.45, 2.75) is 38.5 Å². The SMILES string of the molecule is Cc1ccnc(-n2cc(S(=O)(=O)NCCCN3C[C@H](C)C[C@H](C)C3)cn2)c1. The van der Waals surface area contributed by atoms with Crippen molar-refractivity contribution in [3.63, 3.8) is 0 Å². The van der Waals surface area contributed by atoms with E-state index in [9.17, 15) is 8.42 Å². The number of aromatic nitrogens is 3. The van der Waals surface area contributed by atoms with Crippen LogP contribution in [0.4, 0.5) is 0 Å². The molecule has 0 aromatic carbocycles. The van der Waals surface area contributed by atoms with E-state index in [0.29, 0.717) is 24.2 Å². The van der Waals surface area contributed by atoms with E-state index in [2.05, 4.69) is 33.6 Å².